The van der Waals surface area contributed by atoms with Crippen molar-refractivity contribution in [2.24, 2.45) is 0 Å². The second-order valence-electron chi connectivity index (χ2n) is 3.87. The lowest BCUT2D eigenvalue weighted by Gasteiger charge is -1.97. The molecule has 2 aromatic heterocycles. The van der Waals surface area contributed by atoms with E-state index >= 15 is 0 Å². The highest BCUT2D eigenvalue weighted by Crippen LogP contribution is 2.23. The van der Waals surface area contributed by atoms with E-state index in [9.17, 15) is 4.39 Å². The fourth-order valence-corrected chi connectivity index (χ4v) is 1.62. The number of anilines is 1. The molecule has 3 rings (SSSR count). The summed E-state index contributed by atoms with van der Waals surface area (Å²) in [6.07, 6.45) is 1.64. The van der Waals surface area contributed by atoms with Crippen LogP contribution in [0.2, 0.25) is 0 Å². The van der Waals surface area contributed by atoms with Gasteiger partial charge in [0.15, 0.2) is 0 Å². The van der Waals surface area contributed by atoms with Crippen LogP contribution in [0.25, 0.3) is 23.0 Å². The lowest BCUT2D eigenvalue weighted by atomic mass is 10.2. The Kier molecular flexibility index (Phi) is 2.68. The van der Waals surface area contributed by atoms with Crippen LogP contribution in [0.4, 0.5) is 10.1 Å². The molecule has 0 spiro atoms. The normalized spacial score (nSPS) is 10.6. The van der Waals surface area contributed by atoms with E-state index in [0.717, 1.165) is 0 Å². The van der Waals surface area contributed by atoms with E-state index < -0.39 is 5.82 Å². The van der Waals surface area contributed by atoms with E-state index in [1.54, 1.807) is 18.3 Å². The summed E-state index contributed by atoms with van der Waals surface area (Å²) in [5, 5.41) is 3.83. The standard InChI is InChI=1S/C13H9FN4O/c14-9-5-4-8(7-10(9)15)13-17-12(18-19-13)11-3-1-2-6-16-11/h1-7H,15H2. The second-order valence-corrected chi connectivity index (χ2v) is 3.87. The average Bonchev–Trinajstić information content (AvgIpc) is 2.93. The molecule has 5 nitrogen and oxygen atoms in total. The maximum atomic E-state index is 13.1. The molecule has 0 radical (unpaired) electrons. The summed E-state index contributed by atoms with van der Waals surface area (Å²) in [6, 6.07) is 9.63. The van der Waals surface area contributed by atoms with Gasteiger partial charge in [0.25, 0.3) is 5.89 Å². The first-order valence-electron chi connectivity index (χ1n) is 5.54. The highest BCUT2D eigenvalue weighted by Gasteiger charge is 2.12. The summed E-state index contributed by atoms with van der Waals surface area (Å²) in [4.78, 5) is 8.32. The highest BCUT2D eigenvalue weighted by atomic mass is 19.1. The Morgan fingerprint density at radius 3 is 2.79 bits per heavy atom. The third kappa shape index (κ3) is 2.15. The molecule has 0 saturated carbocycles. The minimum Gasteiger partial charge on any atom is -0.396 e. The number of halogens is 1. The molecule has 0 saturated heterocycles. The van der Waals surface area contributed by atoms with Crippen molar-refractivity contribution in [3.8, 4) is 23.0 Å². The maximum Gasteiger partial charge on any atom is 0.258 e. The van der Waals surface area contributed by atoms with E-state index in [1.165, 1.54) is 18.2 Å². The van der Waals surface area contributed by atoms with E-state index in [1.807, 2.05) is 6.07 Å². The molecule has 0 unspecified atom stereocenters. The van der Waals surface area contributed by atoms with Crippen LogP contribution >= 0.6 is 0 Å². The summed E-state index contributed by atoms with van der Waals surface area (Å²) < 4.78 is 18.2. The van der Waals surface area contributed by atoms with Gasteiger partial charge in [-0.25, -0.2) is 4.39 Å². The van der Waals surface area contributed by atoms with Gasteiger partial charge < -0.3 is 10.3 Å². The number of rotatable bonds is 2. The van der Waals surface area contributed by atoms with Crippen LogP contribution in [0.5, 0.6) is 0 Å². The summed E-state index contributed by atoms with van der Waals surface area (Å²) in [7, 11) is 0. The Morgan fingerprint density at radius 2 is 2.05 bits per heavy atom. The van der Waals surface area contributed by atoms with Gasteiger partial charge in [-0.15, -0.1) is 0 Å². The number of hydrogen-bond acceptors (Lipinski definition) is 5. The van der Waals surface area contributed by atoms with Crippen LogP contribution in [0.15, 0.2) is 47.1 Å². The number of nitrogens with two attached hydrogens (primary N) is 1. The average molecular weight is 256 g/mol. The molecule has 1 aromatic carbocycles. The fraction of sp³-hybridized carbons (Fsp3) is 0. The Labute approximate surface area is 107 Å². The second kappa shape index (κ2) is 4.49. The van der Waals surface area contributed by atoms with Gasteiger partial charge in [-0.05, 0) is 30.3 Å². The van der Waals surface area contributed by atoms with Crippen molar-refractivity contribution in [3.05, 3.63) is 48.4 Å². The quantitative estimate of drug-likeness (QED) is 0.713. The minimum absolute atomic E-state index is 0.0371. The van der Waals surface area contributed by atoms with Gasteiger partial charge in [0.05, 0.1) is 5.69 Å². The fourth-order valence-electron chi connectivity index (χ4n) is 1.62. The van der Waals surface area contributed by atoms with Crippen LogP contribution in [0.1, 0.15) is 0 Å². The summed E-state index contributed by atoms with van der Waals surface area (Å²) in [5.74, 6) is 0.166. The largest absolute Gasteiger partial charge is 0.396 e. The third-order valence-corrected chi connectivity index (χ3v) is 2.56. The summed E-state index contributed by atoms with van der Waals surface area (Å²) >= 11 is 0. The molecule has 0 amide bonds. The predicted octanol–water partition coefficient (Wildman–Crippen LogP) is 2.52. The smallest absolute Gasteiger partial charge is 0.258 e. The number of hydrogen-bond donors (Lipinski definition) is 1. The SMILES string of the molecule is Nc1cc(-c2nc(-c3ccccn3)no2)ccc1F. The van der Waals surface area contributed by atoms with Gasteiger partial charge >= 0.3 is 0 Å². The molecule has 94 valence electrons. The van der Waals surface area contributed by atoms with Gasteiger partial charge in [-0.2, -0.15) is 4.98 Å². The number of pyridine rings is 1. The molecule has 0 aliphatic heterocycles. The minimum atomic E-state index is -0.479. The molecule has 2 N–H and O–H groups in total. The molecule has 2 heterocycles. The van der Waals surface area contributed by atoms with Gasteiger partial charge in [-0.1, -0.05) is 11.2 Å². The molecule has 6 heteroatoms. The van der Waals surface area contributed by atoms with Crippen molar-refractivity contribution in [3.63, 3.8) is 0 Å². The Hall–Kier alpha value is -2.76. The third-order valence-electron chi connectivity index (χ3n) is 2.56. The van der Waals surface area contributed by atoms with Crippen molar-refractivity contribution >= 4 is 5.69 Å². The number of benzene rings is 1. The zero-order valence-corrected chi connectivity index (χ0v) is 9.75. The number of nitrogens with zero attached hydrogens (tertiary/aromatic N) is 3. The van der Waals surface area contributed by atoms with E-state index in [0.29, 0.717) is 17.1 Å². The van der Waals surface area contributed by atoms with Gasteiger partial charge in [0, 0.05) is 11.8 Å². The summed E-state index contributed by atoms with van der Waals surface area (Å²) in [5.41, 5.74) is 6.70. The van der Waals surface area contributed by atoms with Crippen LogP contribution in [-0.2, 0) is 0 Å². The molecule has 0 bridgehead atoms. The van der Waals surface area contributed by atoms with Crippen LogP contribution in [0, 0.1) is 5.82 Å². The van der Waals surface area contributed by atoms with Crippen LogP contribution in [0.3, 0.4) is 0 Å². The summed E-state index contributed by atoms with van der Waals surface area (Å²) in [6.45, 7) is 0. The monoisotopic (exact) mass is 256 g/mol. The van der Waals surface area contributed by atoms with E-state index in [-0.39, 0.29) is 11.6 Å². The molecular formula is C13H9FN4O. The Balaban J connectivity index is 1.99. The van der Waals surface area contributed by atoms with Crippen LogP contribution < -0.4 is 5.73 Å². The van der Waals surface area contributed by atoms with E-state index in [4.69, 9.17) is 10.3 Å². The Bertz CT molecular complexity index is 712. The molecule has 0 fully saturated rings. The molecule has 0 atom stereocenters. The van der Waals surface area contributed by atoms with Crippen LogP contribution in [-0.4, -0.2) is 15.1 Å². The van der Waals surface area contributed by atoms with Crippen molar-refractivity contribution in [2.75, 3.05) is 5.73 Å². The predicted molar refractivity (Wildman–Crippen MR) is 67.3 cm³/mol. The first-order chi connectivity index (χ1) is 9.24. The molecule has 19 heavy (non-hydrogen) atoms. The number of nitrogen functional groups attached to an aromatic ring is 1. The van der Waals surface area contributed by atoms with Crippen molar-refractivity contribution in [1.29, 1.82) is 0 Å². The van der Waals surface area contributed by atoms with Gasteiger partial charge in [0.2, 0.25) is 5.82 Å². The first-order valence-corrected chi connectivity index (χ1v) is 5.54. The van der Waals surface area contributed by atoms with Gasteiger partial charge in [0.1, 0.15) is 11.5 Å². The first kappa shape index (κ1) is 11.3. The maximum absolute atomic E-state index is 13.1. The molecule has 3 aromatic rings. The highest BCUT2D eigenvalue weighted by molar-refractivity contribution is 5.62. The number of aromatic nitrogens is 3. The van der Waals surface area contributed by atoms with Crippen molar-refractivity contribution in [1.82, 2.24) is 15.1 Å². The lowest BCUT2D eigenvalue weighted by Crippen LogP contribution is -1.91. The van der Waals surface area contributed by atoms with Crippen molar-refractivity contribution in [2.45, 2.75) is 0 Å². The Morgan fingerprint density at radius 1 is 1.16 bits per heavy atom. The lowest BCUT2D eigenvalue weighted by molar-refractivity contribution is 0.432. The van der Waals surface area contributed by atoms with Gasteiger partial charge in [-0.3, -0.25) is 4.98 Å². The zero-order valence-electron chi connectivity index (χ0n) is 9.75. The molecule has 0 aliphatic rings. The van der Waals surface area contributed by atoms with E-state index in [2.05, 4.69) is 15.1 Å². The van der Waals surface area contributed by atoms with Crippen molar-refractivity contribution < 1.29 is 8.91 Å². The topological polar surface area (TPSA) is 77.8 Å². The zero-order chi connectivity index (χ0) is 13.2. The molecule has 0 aliphatic carbocycles. The molecular weight excluding hydrogens is 247 g/mol.